The largest absolute Gasteiger partial charge is 0.398 e. The van der Waals surface area contributed by atoms with Crippen molar-refractivity contribution < 1.29 is 0 Å². The second-order valence-corrected chi connectivity index (χ2v) is 13.4. The minimum absolute atomic E-state index is 0.784. The molecule has 242 valence electrons. The maximum atomic E-state index is 6.58. The van der Waals surface area contributed by atoms with E-state index in [-0.39, 0.29) is 0 Å². The molecular formula is C48H38BrN. The first-order chi connectivity index (χ1) is 24.5. The highest BCUT2D eigenvalue weighted by molar-refractivity contribution is 9.10. The average molecular weight is 709 g/mol. The van der Waals surface area contributed by atoms with Crippen LogP contribution < -0.4 is 5.73 Å². The van der Waals surface area contributed by atoms with E-state index in [9.17, 15) is 0 Å². The van der Waals surface area contributed by atoms with Crippen LogP contribution in [0.2, 0.25) is 0 Å². The van der Waals surface area contributed by atoms with Crippen molar-refractivity contribution in [2.24, 2.45) is 5.73 Å². The number of hydrogen-bond donors (Lipinski definition) is 1. The van der Waals surface area contributed by atoms with E-state index in [1.165, 1.54) is 60.5 Å². The number of rotatable bonds is 6. The third-order valence-corrected chi connectivity index (χ3v) is 9.81. The zero-order valence-corrected chi connectivity index (χ0v) is 29.6. The first-order valence-corrected chi connectivity index (χ1v) is 17.8. The highest BCUT2D eigenvalue weighted by Gasteiger charge is 2.17. The van der Waals surface area contributed by atoms with E-state index in [4.69, 9.17) is 5.73 Å². The van der Waals surface area contributed by atoms with Crippen LogP contribution in [0.15, 0.2) is 193 Å². The van der Waals surface area contributed by atoms with Crippen LogP contribution >= 0.6 is 15.9 Å². The second kappa shape index (κ2) is 15.2. The van der Waals surface area contributed by atoms with Gasteiger partial charge in [0, 0.05) is 15.7 Å². The van der Waals surface area contributed by atoms with E-state index in [0.717, 1.165) is 27.7 Å². The number of aryl methyl sites for hydroxylation is 1. The summed E-state index contributed by atoms with van der Waals surface area (Å²) in [6.45, 7) is 2.08. The standard InChI is InChI=1S/C41H30BrN.C7H8/c42-38-26-24-32-11-5-7-13-36(32)41(38)40-35-12-6-4-10-31(35)23-25-37(40)33-19-21-34(22-20-33)39(43)27-16-28-14-17-30(18-15-28)29-8-2-1-3-9-29;1-7-5-3-2-4-6-7/h1-15,17-27H,16,43H2;2-6H,1H3/b39-27-;. The van der Waals surface area contributed by atoms with Gasteiger partial charge in [-0.1, -0.05) is 203 Å². The summed E-state index contributed by atoms with van der Waals surface area (Å²) >= 11 is 3.91. The Morgan fingerprint density at radius 3 is 1.64 bits per heavy atom. The zero-order chi connectivity index (χ0) is 34.3. The molecule has 0 amide bonds. The summed E-state index contributed by atoms with van der Waals surface area (Å²) in [7, 11) is 0. The number of hydrogen-bond acceptors (Lipinski definition) is 1. The molecule has 0 saturated heterocycles. The summed E-state index contributed by atoms with van der Waals surface area (Å²) in [5, 5.41) is 4.91. The molecule has 0 aromatic heterocycles. The summed E-state index contributed by atoms with van der Waals surface area (Å²) in [5.74, 6) is 0. The predicted octanol–water partition coefficient (Wildman–Crippen LogP) is 13.3. The highest BCUT2D eigenvalue weighted by Crippen LogP contribution is 2.44. The van der Waals surface area contributed by atoms with Crippen molar-refractivity contribution in [3.8, 4) is 33.4 Å². The summed E-state index contributed by atoms with van der Waals surface area (Å²) < 4.78 is 1.09. The smallest absolute Gasteiger partial charge is 0.0350 e. The Labute approximate surface area is 303 Å². The first-order valence-electron chi connectivity index (χ1n) is 17.0. The first kappa shape index (κ1) is 32.8. The molecular weight excluding hydrogens is 670 g/mol. The number of fused-ring (bicyclic) bond motifs is 2. The van der Waals surface area contributed by atoms with Gasteiger partial charge in [-0.25, -0.2) is 0 Å². The quantitative estimate of drug-likeness (QED) is 0.183. The van der Waals surface area contributed by atoms with Crippen molar-refractivity contribution >= 4 is 43.2 Å². The molecule has 0 heterocycles. The zero-order valence-electron chi connectivity index (χ0n) is 28.1. The molecule has 0 saturated carbocycles. The van der Waals surface area contributed by atoms with Crippen molar-refractivity contribution in [2.45, 2.75) is 13.3 Å². The molecule has 0 bridgehead atoms. The van der Waals surface area contributed by atoms with Gasteiger partial charge in [0.15, 0.2) is 0 Å². The molecule has 8 aromatic carbocycles. The van der Waals surface area contributed by atoms with E-state index in [1.54, 1.807) is 0 Å². The van der Waals surface area contributed by atoms with Crippen LogP contribution in [0.4, 0.5) is 0 Å². The Kier molecular flexibility index (Phi) is 10.0. The molecule has 0 radical (unpaired) electrons. The van der Waals surface area contributed by atoms with Crippen molar-refractivity contribution in [2.75, 3.05) is 0 Å². The third-order valence-electron chi connectivity index (χ3n) is 9.15. The molecule has 0 fully saturated rings. The summed E-state index contributed by atoms with van der Waals surface area (Å²) in [6, 6.07) is 64.1. The van der Waals surface area contributed by atoms with Crippen molar-refractivity contribution in [3.63, 3.8) is 0 Å². The van der Waals surface area contributed by atoms with E-state index in [0.29, 0.717) is 0 Å². The Morgan fingerprint density at radius 1 is 0.500 bits per heavy atom. The lowest BCUT2D eigenvalue weighted by atomic mass is 9.87. The molecule has 0 aliphatic carbocycles. The van der Waals surface area contributed by atoms with Crippen LogP contribution in [-0.4, -0.2) is 0 Å². The number of benzene rings is 8. The molecule has 0 spiro atoms. The van der Waals surface area contributed by atoms with Crippen LogP contribution in [-0.2, 0) is 6.42 Å². The average Bonchev–Trinajstić information content (AvgIpc) is 3.18. The van der Waals surface area contributed by atoms with Crippen LogP contribution in [0.25, 0.3) is 60.6 Å². The molecule has 2 N–H and O–H groups in total. The summed E-state index contributed by atoms with van der Waals surface area (Å²) in [4.78, 5) is 0. The summed E-state index contributed by atoms with van der Waals surface area (Å²) in [5.41, 5.74) is 18.2. The molecule has 0 aliphatic rings. The van der Waals surface area contributed by atoms with E-state index < -0.39 is 0 Å². The van der Waals surface area contributed by atoms with Gasteiger partial charge in [-0.2, -0.15) is 0 Å². The minimum Gasteiger partial charge on any atom is -0.398 e. The predicted molar refractivity (Wildman–Crippen MR) is 219 cm³/mol. The van der Waals surface area contributed by atoms with Crippen LogP contribution in [0.1, 0.15) is 16.7 Å². The van der Waals surface area contributed by atoms with Gasteiger partial charge in [0.05, 0.1) is 0 Å². The number of nitrogens with two attached hydrogens (primary N) is 1. The lowest BCUT2D eigenvalue weighted by Crippen LogP contribution is -1.97. The van der Waals surface area contributed by atoms with Gasteiger partial charge in [0.1, 0.15) is 0 Å². The maximum Gasteiger partial charge on any atom is 0.0350 e. The molecule has 0 unspecified atom stereocenters. The Morgan fingerprint density at radius 2 is 1.02 bits per heavy atom. The van der Waals surface area contributed by atoms with Gasteiger partial charge < -0.3 is 5.73 Å². The Balaban J connectivity index is 0.000000501. The normalized spacial score (nSPS) is 11.3. The van der Waals surface area contributed by atoms with Gasteiger partial charge in [0.2, 0.25) is 0 Å². The van der Waals surface area contributed by atoms with Gasteiger partial charge in [-0.05, 0) is 79.9 Å². The monoisotopic (exact) mass is 707 g/mol. The lowest BCUT2D eigenvalue weighted by Gasteiger charge is -2.18. The van der Waals surface area contributed by atoms with Gasteiger partial charge in [0.25, 0.3) is 0 Å². The Hall–Kier alpha value is -5.70. The molecule has 2 heteroatoms. The van der Waals surface area contributed by atoms with Gasteiger partial charge in [-0.15, -0.1) is 0 Å². The van der Waals surface area contributed by atoms with Crippen molar-refractivity contribution in [1.82, 2.24) is 0 Å². The maximum absolute atomic E-state index is 6.58. The van der Waals surface area contributed by atoms with Crippen molar-refractivity contribution in [3.05, 3.63) is 209 Å². The fourth-order valence-corrected chi connectivity index (χ4v) is 7.01. The number of halogens is 1. The topological polar surface area (TPSA) is 26.0 Å². The molecule has 8 aromatic rings. The van der Waals surface area contributed by atoms with Crippen molar-refractivity contribution in [1.29, 1.82) is 0 Å². The molecule has 50 heavy (non-hydrogen) atoms. The van der Waals surface area contributed by atoms with Crippen LogP contribution in [0.5, 0.6) is 0 Å². The molecule has 8 rings (SSSR count). The SMILES string of the molecule is Cc1ccccc1.N/C(=C\Cc1ccc(-c2ccccc2)cc1)c1ccc(-c2ccc3ccccc3c2-c2c(Br)ccc3ccccc23)cc1. The van der Waals surface area contributed by atoms with E-state index in [1.807, 2.05) is 24.3 Å². The molecule has 0 atom stereocenters. The lowest BCUT2D eigenvalue weighted by molar-refractivity contribution is 1.26. The minimum atomic E-state index is 0.784. The van der Waals surface area contributed by atoms with Crippen LogP contribution in [0, 0.1) is 6.92 Å². The van der Waals surface area contributed by atoms with Gasteiger partial charge >= 0.3 is 0 Å². The van der Waals surface area contributed by atoms with Crippen LogP contribution in [0.3, 0.4) is 0 Å². The second-order valence-electron chi connectivity index (χ2n) is 12.5. The fraction of sp³-hybridized carbons (Fsp3) is 0.0417. The highest BCUT2D eigenvalue weighted by atomic mass is 79.9. The summed E-state index contributed by atoms with van der Waals surface area (Å²) in [6.07, 6.45) is 2.90. The number of allylic oxidation sites excluding steroid dienone is 1. The fourth-order valence-electron chi connectivity index (χ4n) is 6.47. The molecule has 0 aliphatic heterocycles. The van der Waals surface area contributed by atoms with E-state index >= 15 is 0 Å². The van der Waals surface area contributed by atoms with Gasteiger partial charge in [-0.3, -0.25) is 0 Å². The third kappa shape index (κ3) is 7.32. The molecule has 1 nitrogen and oxygen atoms in total. The van der Waals surface area contributed by atoms with E-state index in [2.05, 4.69) is 187 Å². The Bertz CT molecular complexity index is 2390.